The minimum atomic E-state index is 0.371. The van der Waals surface area contributed by atoms with Crippen molar-refractivity contribution >= 4 is 0 Å². The summed E-state index contributed by atoms with van der Waals surface area (Å²) in [5.41, 5.74) is 2.78. The highest BCUT2D eigenvalue weighted by atomic mass is 15.3. The molecule has 0 bridgehead atoms. The molecule has 1 heterocycles. The molecule has 2 atom stereocenters. The van der Waals surface area contributed by atoms with Gasteiger partial charge in [0.1, 0.15) is 0 Å². The van der Waals surface area contributed by atoms with E-state index < -0.39 is 0 Å². The molecule has 1 fully saturated rings. The van der Waals surface area contributed by atoms with Gasteiger partial charge in [0.15, 0.2) is 0 Å². The van der Waals surface area contributed by atoms with Crippen molar-refractivity contribution in [1.82, 2.24) is 10.2 Å². The van der Waals surface area contributed by atoms with Gasteiger partial charge in [-0.3, -0.25) is 4.90 Å². The van der Waals surface area contributed by atoms with Crippen LogP contribution in [0.5, 0.6) is 0 Å². The van der Waals surface area contributed by atoms with Crippen molar-refractivity contribution < 1.29 is 0 Å². The van der Waals surface area contributed by atoms with E-state index in [0.717, 1.165) is 19.0 Å². The third kappa shape index (κ3) is 3.08. The molecule has 2 heteroatoms. The SMILES string of the molecule is CCNC[C@H]1CN(C(c2ccccc2)c2ccccc2)[C@@H]1C. The van der Waals surface area contributed by atoms with Crippen LogP contribution in [0.1, 0.15) is 31.0 Å². The van der Waals surface area contributed by atoms with Crippen LogP contribution in [0.3, 0.4) is 0 Å². The molecule has 1 saturated heterocycles. The first-order chi connectivity index (χ1) is 10.8. The first kappa shape index (κ1) is 15.3. The predicted octanol–water partition coefficient (Wildman–Crippen LogP) is 3.71. The number of hydrogen-bond donors (Lipinski definition) is 1. The van der Waals surface area contributed by atoms with Crippen LogP contribution in [0.15, 0.2) is 60.7 Å². The topological polar surface area (TPSA) is 15.3 Å². The lowest BCUT2D eigenvalue weighted by Crippen LogP contribution is -2.58. The Labute approximate surface area is 134 Å². The summed E-state index contributed by atoms with van der Waals surface area (Å²) in [5.74, 6) is 0.759. The number of nitrogens with zero attached hydrogens (tertiary/aromatic N) is 1. The summed E-state index contributed by atoms with van der Waals surface area (Å²) in [5, 5.41) is 3.49. The van der Waals surface area contributed by atoms with Crippen molar-refractivity contribution in [3.63, 3.8) is 0 Å². The smallest absolute Gasteiger partial charge is 0.0604 e. The average molecular weight is 294 g/mol. The minimum Gasteiger partial charge on any atom is -0.317 e. The summed E-state index contributed by atoms with van der Waals surface area (Å²) in [6.07, 6.45) is 0. The minimum absolute atomic E-state index is 0.371. The highest BCUT2D eigenvalue weighted by Crippen LogP contribution is 2.38. The van der Waals surface area contributed by atoms with Gasteiger partial charge in [-0.2, -0.15) is 0 Å². The second-order valence-corrected chi connectivity index (χ2v) is 6.23. The maximum absolute atomic E-state index is 3.49. The largest absolute Gasteiger partial charge is 0.317 e. The average Bonchev–Trinajstić information content (AvgIpc) is 2.58. The summed E-state index contributed by atoms with van der Waals surface area (Å²) >= 11 is 0. The Hall–Kier alpha value is -1.64. The Morgan fingerprint density at radius 1 is 1.00 bits per heavy atom. The summed E-state index contributed by atoms with van der Waals surface area (Å²) in [6, 6.07) is 22.8. The Morgan fingerprint density at radius 3 is 2.00 bits per heavy atom. The third-order valence-corrected chi connectivity index (χ3v) is 4.87. The Morgan fingerprint density at radius 2 is 1.55 bits per heavy atom. The van der Waals surface area contributed by atoms with Gasteiger partial charge in [0, 0.05) is 19.1 Å². The molecule has 2 aromatic carbocycles. The third-order valence-electron chi connectivity index (χ3n) is 4.87. The van der Waals surface area contributed by atoms with E-state index in [2.05, 4.69) is 84.7 Å². The van der Waals surface area contributed by atoms with Crippen LogP contribution >= 0.6 is 0 Å². The summed E-state index contributed by atoms with van der Waals surface area (Å²) in [4.78, 5) is 2.63. The van der Waals surface area contributed by atoms with E-state index in [1.807, 2.05) is 0 Å². The quantitative estimate of drug-likeness (QED) is 0.874. The summed E-state index contributed by atoms with van der Waals surface area (Å²) in [7, 11) is 0. The molecule has 22 heavy (non-hydrogen) atoms. The van der Waals surface area contributed by atoms with Crippen molar-refractivity contribution in [1.29, 1.82) is 0 Å². The van der Waals surface area contributed by atoms with Gasteiger partial charge in [0.25, 0.3) is 0 Å². The monoisotopic (exact) mass is 294 g/mol. The molecule has 0 spiro atoms. The van der Waals surface area contributed by atoms with E-state index in [-0.39, 0.29) is 0 Å². The molecular formula is C20H26N2. The maximum atomic E-state index is 3.49. The van der Waals surface area contributed by atoms with Crippen LogP contribution in [0.4, 0.5) is 0 Å². The van der Waals surface area contributed by atoms with Crippen LogP contribution < -0.4 is 5.32 Å². The van der Waals surface area contributed by atoms with E-state index >= 15 is 0 Å². The fourth-order valence-corrected chi connectivity index (χ4v) is 3.47. The van der Waals surface area contributed by atoms with E-state index in [9.17, 15) is 0 Å². The van der Waals surface area contributed by atoms with Gasteiger partial charge in [0.2, 0.25) is 0 Å². The lowest BCUT2D eigenvalue weighted by atomic mass is 9.84. The number of rotatable bonds is 6. The molecular weight excluding hydrogens is 268 g/mol. The van der Waals surface area contributed by atoms with Crippen molar-refractivity contribution in [3.8, 4) is 0 Å². The molecule has 2 aromatic rings. The van der Waals surface area contributed by atoms with Crippen molar-refractivity contribution in [2.75, 3.05) is 19.6 Å². The van der Waals surface area contributed by atoms with Gasteiger partial charge < -0.3 is 5.32 Å². The van der Waals surface area contributed by atoms with Crippen LogP contribution in [-0.2, 0) is 0 Å². The Kier molecular flexibility index (Phi) is 4.91. The van der Waals surface area contributed by atoms with Gasteiger partial charge in [-0.05, 0) is 30.5 Å². The lowest BCUT2D eigenvalue weighted by Gasteiger charge is -2.51. The number of hydrogen-bond acceptors (Lipinski definition) is 2. The van der Waals surface area contributed by atoms with Gasteiger partial charge in [-0.1, -0.05) is 67.6 Å². The predicted molar refractivity (Wildman–Crippen MR) is 92.9 cm³/mol. The highest BCUT2D eigenvalue weighted by Gasteiger charge is 2.40. The molecule has 1 aliphatic heterocycles. The van der Waals surface area contributed by atoms with Crippen molar-refractivity contribution in [3.05, 3.63) is 71.8 Å². The summed E-state index contributed by atoms with van der Waals surface area (Å²) in [6.45, 7) is 7.90. The molecule has 116 valence electrons. The molecule has 1 N–H and O–H groups in total. The van der Waals surface area contributed by atoms with Gasteiger partial charge >= 0.3 is 0 Å². The molecule has 1 aliphatic rings. The zero-order chi connectivity index (χ0) is 15.4. The zero-order valence-electron chi connectivity index (χ0n) is 13.6. The standard InChI is InChI=1S/C20H26N2/c1-3-21-14-19-15-22(16(19)2)20(17-10-6-4-7-11-17)18-12-8-5-9-13-18/h4-13,16,19-21H,3,14-15H2,1-2H3/t16-,19+/m1/s1. The Balaban J connectivity index is 1.82. The van der Waals surface area contributed by atoms with E-state index in [1.54, 1.807) is 0 Å². The fraction of sp³-hybridized carbons (Fsp3) is 0.400. The molecule has 0 aliphatic carbocycles. The molecule has 0 unspecified atom stereocenters. The highest BCUT2D eigenvalue weighted by molar-refractivity contribution is 5.32. The van der Waals surface area contributed by atoms with Crippen molar-refractivity contribution in [2.24, 2.45) is 5.92 Å². The zero-order valence-corrected chi connectivity index (χ0v) is 13.6. The first-order valence-corrected chi connectivity index (χ1v) is 8.37. The van der Waals surface area contributed by atoms with Crippen LogP contribution in [-0.4, -0.2) is 30.6 Å². The number of benzene rings is 2. The number of likely N-dealkylation sites (tertiary alicyclic amines) is 1. The maximum Gasteiger partial charge on any atom is 0.0604 e. The summed E-state index contributed by atoms with van der Waals surface area (Å²) < 4.78 is 0. The fourth-order valence-electron chi connectivity index (χ4n) is 3.47. The molecule has 0 saturated carbocycles. The normalized spacial score (nSPS) is 21.8. The molecule has 3 rings (SSSR count). The van der Waals surface area contributed by atoms with Crippen molar-refractivity contribution in [2.45, 2.75) is 25.9 Å². The van der Waals surface area contributed by atoms with Crippen LogP contribution in [0.25, 0.3) is 0 Å². The molecule has 0 amide bonds. The molecule has 2 nitrogen and oxygen atoms in total. The van der Waals surface area contributed by atoms with Gasteiger partial charge in [0.05, 0.1) is 6.04 Å². The first-order valence-electron chi connectivity index (χ1n) is 8.37. The number of nitrogens with one attached hydrogen (secondary N) is 1. The molecule has 0 aromatic heterocycles. The lowest BCUT2D eigenvalue weighted by molar-refractivity contribution is 0.000966. The van der Waals surface area contributed by atoms with Crippen LogP contribution in [0, 0.1) is 5.92 Å². The van der Waals surface area contributed by atoms with E-state index in [0.29, 0.717) is 12.1 Å². The van der Waals surface area contributed by atoms with Crippen LogP contribution in [0.2, 0.25) is 0 Å². The van der Waals surface area contributed by atoms with Gasteiger partial charge in [-0.25, -0.2) is 0 Å². The van der Waals surface area contributed by atoms with Gasteiger partial charge in [-0.15, -0.1) is 0 Å². The Bertz CT molecular complexity index is 527. The van der Waals surface area contributed by atoms with E-state index in [1.165, 1.54) is 17.7 Å². The second kappa shape index (κ2) is 7.08. The van der Waals surface area contributed by atoms with E-state index in [4.69, 9.17) is 0 Å². The molecule has 0 radical (unpaired) electrons. The second-order valence-electron chi connectivity index (χ2n) is 6.23.